The third kappa shape index (κ3) is 2.20. The Labute approximate surface area is 93.5 Å². The zero-order valence-electron chi connectivity index (χ0n) is 7.84. The van der Waals surface area contributed by atoms with Crippen molar-refractivity contribution >= 4 is 23.2 Å². The lowest BCUT2D eigenvalue weighted by Crippen LogP contribution is -2.38. The van der Waals surface area contributed by atoms with Crippen LogP contribution in [0.1, 0.15) is 6.42 Å². The second-order valence-corrected chi connectivity index (χ2v) is 4.06. The number of ether oxygens (including phenoxy) is 1. The fourth-order valence-corrected chi connectivity index (χ4v) is 2.03. The Morgan fingerprint density at radius 2 is 2.43 bits per heavy atom. The predicted octanol–water partition coefficient (Wildman–Crippen LogP) is 2.57. The van der Waals surface area contributed by atoms with E-state index < -0.39 is 11.2 Å². The molecular formula is C10H12Cl2O2. The van der Waals surface area contributed by atoms with E-state index in [0.29, 0.717) is 11.5 Å². The molecule has 0 saturated carbocycles. The van der Waals surface area contributed by atoms with E-state index >= 15 is 0 Å². The van der Waals surface area contributed by atoms with Crippen LogP contribution in [-0.2, 0) is 4.74 Å². The van der Waals surface area contributed by atoms with Gasteiger partial charge in [0.15, 0.2) is 5.06 Å². The van der Waals surface area contributed by atoms with Gasteiger partial charge in [-0.1, -0.05) is 35.4 Å². The van der Waals surface area contributed by atoms with Gasteiger partial charge in [-0.25, -0.2) is 0 Å². The highest BCUT2D eigenvalue weighted by Gasteiger charge is 2.38. The van der Waals surface area contributed by atoms with Crippen molar-refractivity contribution in [3.05, 3.63) is 35.4 Å². The molecule has 2 atom stereocenters. The van der Waals surface area contributed by atoms with Gasteiger partial charge < -0.3 is 9.84 Å². The summed E-state index contributed by atoms with van der Waals surface area (Å²) in [5.41, 5.74) is 0.860. The Hall–Kier alpha value is -0.280. The fourth-order valence-electron chi connectivity index (χ4n) is 1.32. The van der Waals surface area contributed by atoms with E-state index in [0.717, 1.165) is 5.57 Å². The van der Waals surface area contributed by atoms with Crippen molar-refractivity contribution in [2.75, 3.05) is 7.11 Å². The van der Waals surface area contributed by atoms with Crippen LogP contribution in [0, 0.1) is 0 Å². The van der Waals surface area contributed by atoms with Crippen molar-refractivity contribution < 1.29 is 9.84 Å². The third-order valence-electron chi connectivity index (χ3n) is 2.02. The predicted molar refractivity (Wildman–Crippen MR) is 58.4 cm³/mol. The first-order valence-electron chi connectivity index (χ1n) is 4.15. The number of allylic oxidation sites excluding steroid dienone is 3. The Morgan fingerprint density at radius 3 is 2.93 bits per heavy atom. The zero-order chi connectivity index (χ0) is 10.8. The summed E-state index contributed by atoms with van der Waals surface area (Å²) in [5.74, 6) is 0. The van der Waals surface area contributed by atoms with Crippen molar-refractivity contribution in [1.29, 1.82) is 0 Å². The zero-order valence-corrected chi connectivity index (χ0v) is 9.35. The summed E-state index contributed by atoms with van der Waals surface area (Å²) >= 11 is 11.8. The van der Waals surface area contributed by atoms with E-state index in [1.54, 1.807) is 12.2 Å². The summed E-state index contributed by atoms with van der Waals surface area (Å²) in [6.07, 6.45) is 4.79. The monoisotopic (exact) mass is 234 g/mol. The highest BCUT2D eigenvalue weighted by molar-refractivity contribution is 6.33. The van der Waals surface area contributed by atoms with Gasteiger partial charge in [-0.15, -0.1) is 6.58 Å². The highest BCUT2D eigenvalue weighted by Crippen LogP contribution is 2.35. The maximum Gasteiger partial charge on any atom is 0.189 e. The number of hydrogen-bond acceptors (Lipinski definition) is 2. The van der Waals surface area contributed by atoms with Crippen LogP contribution in [0.25, 0.3) is 0 Å². The normalized spacial score (nSPS) is 32.1. The second kappa shape index (κ2) is 4.49. The molecular weight excluding hydrogens is 223 g/mol. The number of aliphatic hydroxyl groups is 1. The molecule has 2 nitrogen and oxygen atoms in total. The first kappa shape index (κ1) is 11.8. The van der Waals surface area contributed by atoms with Gasteiger partial charge in [0.1, 0.15) is 6.10 Å². The topological polar surface area (TPSA) is 29.5 Å². The molecule has 0 fully saturated rings. The van der Waals surface area contributed by atoms with Gasteiger partial charge in [0.05, 0.1) is 5.03 Å². The quantitative estimate of drug-likeness (QED) is 0.601. The Balaban J connectivity index is 3.01. The average molecular weight is 235 g/mol. The first-order chi connectivity index (χ1) is 6.53. The van der Waals surface area contributed by atoms with Gasteiger partial charge in [-0.3, -0.25) is 0 Å². The number of hydrogen-bond donors (Lipinski definition) is 1. The molecule has 1 aliphatic rings. The van der Waals surface area contributed by atoms with Crippen molar-refractivity contribution in [3.63, 3.8) is 0 Å². The molecule has 0 aromatic carbocycles. The molecule has 0 aromatic heterocycles. The van der Waals surface area contributed by atoms with Crippen molar-refractivity contribution in [3.8, 4) is 0 Å². The van der Waals surface area contributed by atoms with Crippen LogP contribution in [0.5, 0.6) is 0 Å². The molecule has 0 aliphatic heterocycles. The molecule has 78 valence electrons. The standard InChI is InChI=1S/C10H12Cl2O2/c1-3-4-7-5-6-10(12,13)9(14-2)8(7)11/h3,5-6,9,13H,1,4H2,2H3. The summed E-state index contributed by atoms with van der Waals surface area (Å²) in [6, 6.07) is 0. The molecule has 0 saturated heterocycles. The van der Waals surface area contributed by atoms with E-state index in [4.69, 9.17) is 27.9 Å². The summed E-state index contributed by atoms with van der Waals surface area (Å²) in [7, 11) is 1.45. The van der Waals surface area contributed by atoms with Crippen LogP contribution in [0.2, 0.25) is 0 Å². The van der Waals surface area contributed by atoms with Crippen molar-refractivity contribution in [1.82, 2.24) is 0 Å². The number of halogens is 2. The lowest BCUT2D eigenvalue weighted by atomic mass is 9.99. The largest absolute Gasteiger partial charge is 0.371 e. The van der Waals surface area contributed by atoms with Gasteiger partial charge in [0.25, 0.3) is 0 Å². The Bertz CT molecular complexity index is 292. The van der Waals surface area contributed by atoms with Crippen LogP contribution in [0.4, 0.5) is 0 Å². The molecule has 0 radical (unpaired) electrons. The number of rotatable bonds is 3. The molecule has 0 aromatic rings. The maximum atomic E-state index is 9.70. The third-order valence-corrected chi connectivity index (χ3v) is 2.79. The minimum absolute atomic E-state index is 0.424. The Kier molecular flexibility index (Phi) is 3.78. The minimum Gasteiger partial charge on any atom is -0.371 e. The molecule has 1 rings (SSSR count). The summed E-state index contributed by atoms with van der Waals surface area (Å²) < 4.78 is 5.04. The van der Waals surface area contributed by atoms with E-state index in [1.807, 2.05) is 0 Å². The van der Waals surface area contributed by atoms with Crippen molar-refractivity contribution in [2.24, 2.45) is 0 Å². The van der Waals surface area contributed by atoms with Crippen LogP contribution in [-0.4, -0.2) is 23.4 Å². The van der Waals surface area contributed by atoms with Crippen LogP contribution in [0.15, 0.2) is 35.4 Å². The molecule has 4 heteroatoms. The molecule has 0 spiro atoms. The summed E-state index contributed by atoms with van der Waals surface area (Å²) in [5, 5.41) is 8.56. The van der Waals surface area contributed by atoms with Crippen LogP contribution in [0.3, 0.4) is 0 Å². The van der Waals surface area contributed by atoms with Gasteiger partial charge in [-0.2, -0.15) is 0 Å². The van der Waals surface area contributed by atoms with Gasteiger partial charge in [0, 0.05) is 7.11 Å². The minimum atomic E-state index is -1.56. The van der Waals surface area contributed by atoms with Gasteiger partial charge >= 0.3 is 0 Å². The molecule has 1 aliphatic carbocycles. The maximum absolute atomic E-state index is 9.70. The van der Waals surface area contributed by atoms with E-state index in [2.05, 4.69) is 6.58 Å². The smallest absolute Gasteiger partial charge is 0.189 e. The molecule has 0 amide bonds. The summed E-state index contributed by atoms with van der Waals surface area (Å²) in [4.78, 5) is 0. The number of methoxy groups -OCH3 is 1. The SMILES string of the molecule is C=CCC1=C(Cl)C(OC)C(O)(Cl)C=C1. The molecule has 0 bridgehead atoms. The fraction of sp³-hybridized carbons (Fsp3) is 0.400. The highest BCUT2D eigenvalue weighted by atomic mass is 35.5. The van der Waals surface area contributed by atoms with Crippen molar-refractivity contribution in [2.45, 2.75) is 17.6 Å². The lowest BCUT2D eigenvalue weighted by molar-refractivity contribution is 0.0121. The van der Waals surface area contributed by atoms with E-state index in [9.17, 15) is 5.11 Å². The van der Waals surface area contributed by atoms with Crippen LogP contribution < -0.4 is 0 Å². The van der Waals surface area contributed by atoms with Gasteiger partial charge in [0.2, 0.25) is 0 Å². The molecule has 1 N–H and O–H groups in total. The Morgan fingerprint density at radius 1 is 1.79 bits per heavy atom. The second-order valence-electron chi connectivity index (χ2n) is 3.04. The average Bonchev–Trinajstić information content (AvgIpc) is 2.11. The molecule has 0 heterocycles. The number of alkyl halides is 1. The van der Waals surface area contributed by atoms with E-state index in [1.165, 1.54) is 13.2 Å². The van der Waals surface area contributed by atoms with Crippen LogP contribution >= 0.6 is 23.2 Å². The lowest BCUT2D eigenvalue weighted by Gasteiger charge is -2.30. The first-order valence-corrected chi connectivity index (χ1v) is 4.91. The molecule has 14 heavy (non-hydrogen) atoms. The summed E-state index contributed by atoms with van der Waals surface area (Å²) in [6.45, 7) is 3.61. The van der Waals surface area contributed by atoms with Gasteiger partial charge in [-0.05, 0) is 18.1 Å². The van der Waals surface area contributed by atoms with E-state index in [-0.39, 0.29) is 0 Å². The molecule has 2 unspecified atom stereocenters.